The normalized spacial score (nSPS) is 15.8. The third-order valence-electron chi connectivity index (χ3n) is 6.66. The maximum absolute atomic E-state index is 13.7. The van der Waals surface area contributed by atoms with Gasteiger partial charge < -0.3 is 5.11 Å². The maximum Gasteiger partial charge on any atom is 0.193 e. The molecule has 0 aromatic heterocycles. The first-order chi connectivity index (χ1) is 16.9. The lowest BCUT2D eigenvalue weighted by Gasteiger charge is -2.29. The second-order valence-corrected chi connectivity index (χ2v) is 8.69. The second-order valence-electron chi connectivity index (χ2n) is 8.69. The number of nitriles is 2. The van der Waals surface area contributed by atoms with E-state index in [9.17, 15) is 20.4 Å². The first kappa shape index (κ1) is 23.5. The molecule has 0 fully saturated rings. The van der Waals surface area contributed by atoms with Crippen LogP contribution in [0.3, 0.4) is 0 Å². The molecule has 0 aliphatic heterocycles. The molecule has 3 aromatic carbocycles. The van der Waals surface area contributed by atoms with E-state index in [-0.39, 0.29) is 11.5 Å². The van der Waals surface area contributed by atoms with Crippen molar-refractivity contribution < 1.29 is 9.90 Å². The van der Waals surface area contributed by atoms with Crippen molar-refractivity contribution in [3.8, 4) is 12.1 Å². The van der Waals surface area contributed by atoms with Gasteiger partial charge in [-0.3, -0.25) is 4.79 Å². The lowest BCUT2D eigenvalue weighted by Crippen LogP contribution is -2.22. The van der Waals surface area contributed by atoms with Crippen LogP contribution in [-0.2, 0) is 5.41 Å². The minimum atomic E-state index is -0.391. The molecule has 0 heterocycles. The first-order valence-electron chi connectivity index (χ1n) is 11.4. The van der Waals surface area contributed by atoms with Crippen molar-refractivity contribution in [2.45, 2.75) is 25.7 Å². The van der Waals surface area contributed by atoms with Gasteiger partial charge in [0, 0.05) is 27.7 Å². The third-order valence-corrected chi connectivity index (χ3v) is 6.66. The number of nitrogens with zero attached hydrogens (tertiary/aromatic N) is 2. The number of aliphatic hydroxyl groups excluding tert-OH is 1. The number of ketones is 1. The summed E-state index contributed by atoms with van der Waals surface area (Å²) < 4.78 is 0. The highest BCUT2D eigenvalue weighted by Crippen LogP contribution is 2.43. The van der Waals surface area contributed by atoms with Crippen LogP contribution in [0.4, 0.5) is 0 Å². The predicted octanol–water partition coefficient (Wildman–Crippen LogP) is 6.82. The molecule has 0 saturated heterocycles. The van der Waals surface area contributed by atoms with Crippen LogP contribution in [0.15, 0.2) is 108 Å². The van der Waals surface area contributed by atoms with Gasteiger partial charge in [0.2, 0.25) is 0 Å². The molecular formula is C31H24N2O2. The summed E-state index contributed by atoms with van der Waals surface area (Å²) >= 11 is 0. The second kappa shape index (κ2) is 9.67. The zero-order valence-corrected chi connectivity index (χ0v) is 19.6. The quantitative estimate of drug-likeness (QED) is 0.326. The van der Waals surface area contributed by atoms with Crippen LogP contribution >= 0.6 is 0 Å². The van der Waals surface area contributed by atoms with Crippen LogP contribution in [0.5, 0.6) is 0 Å². The third kappa shape index (κ3) is 4.43. The van der Waals surface area contributed by atoms with Crippen LogP contribution in [0.25, 0.3) is 5.76 Å². The number of rotatable bonds is 6. The van der Waals surface area contributed by atoms with E-state index in [0.717, 1.165) is 17.6 Å². The maximum atomic E-state index is 13.7. The monoisotopic (exact) mass is 456 g/mol. The molecule has 1 N–H and O–H groups in total. The van der Waals surface area contributed by atoms with Crippen LogP contribution in [0.1, 0.15) is 52.9 Å². The number of benzene rings is 3. The SMILES string of the molecule is CC[C@@](C)(C1=CC(=C(O)c2cccc(C#N)c2)C(C(=O)c2cccc(C#N)c2)=C1)c1ccccc1. The van der Waals surface area contributed by atoms with Crippen molar-refractivity contribution >= 4 is 11.5 Å². The average molecular weight is 457 g/mol. The standard InChI is InChI=1S/C31H24N2O2/c1-3-31(2,25-13-5-4-6-14-25)26-17-27(29(34)23-11-7-9-21(15-23)19-32)28(18-26)30(35)24-12-8-10-22(16-24)20-33/h4-18,34H,3H2,1-2H3/t31-/m1/s1. The van der Waals surface area contributed by atoms with Gasteiger partial charge in [-0.1, -0.05) is 68.4 Å². The molecule has 0 unspecified atom stereocenters. The number of carbonyl (C=O) groups is 1. The molecule has 1 aliphatic rings. The molecule has 4 heteroatoms. The van der Waals surface area contributed by atoms with E-state index in [0.29, 0.717) is 33.4 Å². The molecular weight excluding hydrogens is 432 g/mol. The Hall–Kier alpha value is -4.67. The molecule has 170 valence electrons. The van der Waals surface area contributed by atoms with Crippen molar-refractivity contribution in [1.82, 2.24) is 0 Å². The fourth-order valence-electron chi connectivity index (χ4n) is 4.37. The van der Waals surface area contributed by atoms with Crippen LogP contribution in [0.2, 0.25) is 0 Å². The predicted molar refractivity (Wildman–Crippen MR) is 136 cm³/mol. The minimum absolute atomic E-state index is 0.0698. The lowest BCUT2D eigenvalue weighted by molar-refractivity contribution is 0.103. The molecule has 1 atom stereocenters. The van der Waals surface area contributed by atoms with E-state index in [4.69, 9.17) is 0 Å². The van der Waals surface area contributed by atoms with Crippen molar-refractivity contribution in [3.63, 3.8) is 0 Å². The Kier molecular flexibility index (Phi) is 6.49. The summed E-state index contributed by atoms with van der Waals surface area (Å²) in [4.78, 5) is 13.7. The first-order valence-corrected chi connectivity index (χ1v) is 11.4. The van der Waals surface area contributed by atoms with E-state index >= 15 is 0 Å². The van der Waals surface area contributed by atoms with Crippen molar-refractivity contribution in [1.29, 1.82) is 10.5 Å². The summed E-state index contributed by atoms with van der Waals surface area (Å²) in [5.41, 5.74) is 4.01. The summed E-state index contributed by atoms with van der Waals surface area (Å²) in [5.74, 6) is -0.350. The van der Waals surface area contributed by atoms with E-state index in [1.807, 2.05) is 30.4 Å². The Bertz CT molecular complexity index is 1480. The fourth-order valence-corrected chi connectivity index (χ4v) is 4.37. The van der Waals surface area contributed by atoms with Gasteiger partial charge in [-0.25, -0.2) is 0 Å². The summed E-state index contributed by atoms with van der Waals surface area (Å²) in [6, 6.07) is 27.5. The van der Waals surface area contributed by atoms with Crippen LogP contribution < -0.4 is 0 Å². The highest BCUT2D eigenvalue weighted by Gasteiger charge is 2.34. The Morgan fingerprint density at radius 3 is 2.06 bits per heavy atom. The molecule has 4 rings (SSSR count). The molecule has 1 aliphatic carbocycles. The average Bonchev–Trinajstić information content (AvgIpc) is 3.38. The molecule has 0 radical (unpaired) electrons. The van der Waals surface area contributed by atoms with Gasteiger partial charge >= 0.3 is 0 Å². The topological polar surface area (TPSA) is 84.9 Å². The molecule has 35 heavy (non-hydrogen) atoms. The highest BCUT2D eigenvalue weighted by atomic mass is 16.3. The van der Waals surface area contributed by atoms with Gasteiger partial charge in [-0.2, -0.15) is 10.5 Å². The van der Waals surface area contributed by atoms with Crippen molar-refractivity contribution in [2.24, 2.45) is 0 Å². The summed E-state index contributed by atoms with van der Waals surface area (Å²) in [6.45, 7) is 4.22. The van der Waals surface area contributed by atoms with Gasteiger partial charge in [0.15, 0.2) is 5.78 Å². The molecule has 3 aromatic rings. The number of Topliss-reactive ketones (excluding diaryl/α,β-unsaturated/α-hetero) is 1. The summed E-state index contributed by atoms with van der Waals surface area (Å²) in [7, 11) is 0. The van der Waals surface area contributed by atoms with Crippen molar-refractivity contribution in [2.75, 3.05) is 0 Å². The number of aliphatic hydroxyl groups is 1. The van der Waals surface area contributed by atoms with E-state index in [1.165, 1.54) is 0 Å². The zero-order chi connectivity index (χ0) is 25.0. The van der Waals surface area contributed by atoms with Crippen LogP contribution in [0, 0.1) is 22.7 Å². The van der Waals surface area contributed by atoms with E-state index in [2.05, 4.69) is 38.1 Å². The van der Waals surface area contributed by atoms with Gasteiger partial charge in [0.05, 0.1) is 23.3 Å². The van der Waals surface area contributed by atoms with E-state index in [1.54, 1.807) is 48.5 Å². The van der Waals surface area contributed by atoms with Crippen LogP contribution in [-0.4, -0.2) is 10.9 Å². The fraction of sp³-hybridized carbons (Fsp3) is 0.129. The van der Waals surface area contributed by atoms with Gasteiger partial charge in [-0.15, -0.1) is 0 Å². The lowest BCUT2D eigenvalue weighted by atomic mass is 9.74. The van der Waals surface area contributed by atoms with E-state index < -0.39 is 5.41 Å². The molecule has 0 bridgehead atoms. The van der Waals surface area contributed by atoms with Gasteiger partial charge in [0.25, 0.3) is 0 Å². The largest absolute Gasteiger partial charge is 0.507 e. The summed E-state index contributed by atoms with van der Waals surface area (Å²) in [5, 5.41) is 29.9. The molecule has 4 nitrogen and oxygen atoms in total. The Morgan fingerprint density at radius 1 is 0.857 bits per heavy atom. The molecule has 0 spiro atoms. The number of allylic oxidation sites excluding steroid dienone is 5. The molecule has 0 saturated carbocycles. The summed E-state index contributed by atoms with van der Waals surface area (Å²) in [6.07, 6.45) is 4.49. The Balaban J connectivity index is 1.91. The number of hydrogen-bond donors (Lipinski definition) is 1. The highest BCUT2D eigenvalue weighted by molar-refractivity contribution is 6.14. The number of hydrogen-bond acceptors (Lipinski definition) is 4. The zero-order valence-electron chi connectivity index (χ0n) is 19.6. The molecule has 0 amide bonds. The number of carbonyl (C=O) groups excluding carboxylic acids is 1. The Morgan fingerprint density at radius 2 is 1.46 bits per heavy atom. The van der Waals surface area contributed by atoms with Gasteiger partial charge in [0.1, 0.15) is 5.76 Å². The minimum Gasteiger partial charge on any atom is -0.507 e. The Labute approximate surface area is 205 Å². The van der Waals surface area contributed by atoms with Gasteiger partial charge in [-0.05, 0) is 54.0 Å². The van der Waals surface area contributed by atoms with Crippen molar-refractivity contribution in [3.05, 3.63) is 136 Å². The smallest absolute Gasteiger partial charge is 0.193 e.